The number of rotatable bonds is 9. The SMILES string of the molecule is COc1cc(CO)cc2c1OC1C2C(C(=O)NCCO)=CC(N(CC2CCC3CC2C3(C)C)C(=O)C2CCCC2)C1O. The van der Waals surface area contributed by atoms with Crippen LogP contribution in [-0.4, -0.2) is 77.1 Å². The van der Waals surface area contributed by atoms with Crippen molar-refractivity contribution in [1.82, 2.24) is 10.2 Å². The number of benzene rings is 1. The summed E-state index contributed by atoms with van der Waals surface area (Å²) in [7, 11) is 1.52. The molecule has 42 heavy (non-hydrogen) atoms. The van der Waals surface area contributed by atoms with Crippen molar-refractivity contribution < 1.29 is 34.4 Å². The van der Waals surface area contributed by atoms with Gasteiger partial charge < -0.3 is 35.0 Å². The number of amides is 2. The summed E-state index contributed by atoms with van der Waals surface area (Å²) in [4.78, 5) is 29.8. The largest absolute Gasteiger partial charge is 0.493 e. The summed E-state index contributed by atoms with van der Waals surface area (Å²) in [5.41, 5.74) is 1.92. The molecule has 1 aromatic rings. The van der Waals surface area contributed by atoms with Gasteiger partial charge in [-0.1, -0.05) is 26.7 Å². The Morgan fingerprint density at radius 3 is 2.55 bits per heavy atom. The number of aliphatic hydroxyl groups excluding tert-OH is 3. The molecule has 9 nitrogen and oxygen atoms in total. The van der Waals surface area contributed by atoms with Gasteiger partial charge >= 0.3 is 0 Å². The topological polar surface area (TPSA) is 129 Å². The number of nitrogens with zero attached hydrogens (tertiary/aromatic N) is 1. The van der Waals surface area contributed by atoms with Crippen molar-refractivity contribution in [2.24, 2.45) is 29.1 Å². The van der Waals surface area contributed by atoms with E-state index in [1.807, 2.05) is 4.90 Å². The van der Waals surface area contributed by atoms with E-state index in [-0.39, 0.29) is 42.9 Å². The fraction of sp³-hybridized carbons (Fsp3) is 0.697. The molecule has 7 atom stereocenters. The second-order valence-electron chi connectivity index (χ2n) is 13.7. The predicted octanol–water partition coefficient (Wildman–Crippen LogP) is 2.90. The first-order chi connectivity index (χ1) is 20.2. The van der Waals surface area contributed by atoms with Gasteiger partial charge in [0.25, 0.3) is 0 Å². The number of aliphatic hydroxyl groups is 3. The van der Waals surface area contributed by atoms with Crippen LogP contribution >= 0.6 is 0 Å². The minimum atomic E-state index is -1.07. The van der Waals surface area contributed by atoms with Gasteiger partial charge in [0, 0.05) is 30.1 Å². The molecule has 5 aliphatic carbocycles. The summed E-state index contributed by atoms with van der Waals surface area (Å²) >= 11 is 0. The lowest BCUT2D eigenvalue weighted by Crippen LogP contribution is -2.60. The van der Waals surface area contributed by atoms with E-state index >= 15 is 0 Å². The van der Waals surface area contributed by atoms with Crippen LogP contribution < -0.4 is 14.8 Å². The zero-order chi connectivity index (χ0) is 29.8. The molecule has 0 spiro atoms. The third-order valence-corrected chi connectivity index (χ3v) is 11.3. The molecule has 9 heteroatoms. The van der Waals surface area contributed by atoms with E-state index in [0.717, 1.165) is 44.4 Å². The maximum Gasteiger partial charge on any atom is 0.247 e. The van der Waals surface area contributed by atoms with Crippen LogP contribution in [0.1, 0.15) is 75.8 Å². The minimum absolute atomic E-state index is 0.0660. The predicted molar refractivity (Wildman–Crippen MR) is 156 cm³/mol. The van der Waals surface area contributed by atoms with E-state index in [1.165, 1.54) is 13.5 Å². The van der Waals surface area contributed by atoms with Gasteiger partial charge in [-0.3, -0.25) is 9.59 Å². The standard InChI is InChI=1S/C33H46N2O7/c1-33(2)21-9-8-20(24(33)14-21)16-35(32(40)19-6-4-5-7-19)25-15-23(31(39)34-10-11-36)27-22-12-18(17-37)13-26(41-3)29(22)42-30(27)28(25)38/h12-13,15,19-21,24-25,27-28,30,36-38H,4-11,14,16-17H2,1-3H3,(H,34,39). The number of methoxy groups -OCH3 is 1. The summed E-state index contributed by atoms with van der Waals surface area (Å²) in [5, 5.41) is 34.2. The molecule has 7 rings (SSSR count). The van der Waals surface area contributed by atoms with Crippen molar-refractivity contribution >= 4 is 11.8 Å². The van der Waals surface area contributed by atoms with E-state index in [2.05, 4.69) is 19.2 Å². The van der Waals surface area contributed by atoms with Gasteiger partial charge in [0.05, 0.1) is 32.3 Å². The highest BCUT2D eigenvalue weighted by molar-refractivity contribution is 5.96. The van der Waals surface area contributed by atoms with E-state index < -0.39 is 24.2 Å². The molecule has 1 aromatic carbocycles. The number of fused-ring (bicyclic) bond motifs is 5. The molecule has 1 aliphatic heterocycles. The zero-order valence-electron chi connectivity index (χ0n) is 25.1. The van der Waals surface area contributed by atoms with Gasteiger partial charge in [-0.05, 0) is 79.0 Å². The van der Waals surface area contributed by atoms with Crippen LogP contribution in [0.15, 0.2) is 23.8 Å². The average Bonchev–Trinajstić information content (AvgIpc) is 3.67. The van der Waals surface area contributed by atoms with E-state index in [1.54, 1.807) is 18.2 Å². The van der Waals surface area contributed by atoms with Crippen molar-refractivity contribution in [3.8, 4) is 11.5 Å². The monoisotopic (exact) mass is 582 g/mol. The van der Waals surface area contributed by atoms with Crippen LogP contribution in [0, 0.1) is 29.1 Å². The molecule has 4 N–H and O–H groups in total. The number of nitrogens with one attached hydrogen (secondary N) is 1. The van der Waals surface area contributed by atoms with Gasteiger partial charge in [0.15, 0.2) is 11.5 Å². The minimum Gasteiger partial charge on any atom is -0.493 e. The summed E-state index contributed by atoms with van der Waals surface area (Å²) in [6.45, 7) is 4.91. The zero-order valence-corrected chi connectivity index (χ0v) is 25.1. The molecular formula is C33H46N2O7. The fourth-order valence-corrected chi connectivity index (χ4v) is 8.82. The Bertz CT molecular complexity index is 1240. The average molecular weight is 583 g/mol. The molecule has 7 unspecified atom stereocenters. The molecule has 4 fully saturated rings. The van der Waals surface area contributed by atoms with Gasteiger partial charge in [-0.15, -0.1) is 0 Å². The number of carbonyl (C=O) groups excluding carboxylic acids is 2. The Balaban J connectivity index is 1.40. The molecule has 2 bridgehead atoms. The van der Waals surface area contributed by atoms with Gasteiger partial charge in [0.1, 0.15) is 12.2 Å². The van der Waals surface area contributed by atoms with Crippen LogP contribution in [0.3, 0.4) is 0 Å². The molecule has 0 aromatic heterocycles. The molecule has 230 valence electrons. The normalized spacial score (nSPS) is 32.6. The molecular weight excluding hydrogens is 536 g/mol. The molecule has 1 heterocycles. The number of ether oxygens (including phenoxy) is 2. The van der Waals surface area contributed by atoms with Crippen LogP contribution in [0.5, 0.6) is 11.5 Å². The Morgan fingerprint density at radius 2 is 1.90 bits per heavy atom. The van der Waals surface area contributed by atoms with E-state index in [4.69, 9.17) is 9.47 Å². The maximum atomic E-state index is 14.3. The second kappa shape index (κ2) is 11.5. The fourth-order valence-electron chi connectivity index (χ4n) is 8.82. The quantitative estimate of drug-likeness (QED) is 0.353. The highest BCUT2D eigenvalue weighted by Gasteiger charge is 2.56. The van der Waals surface area contributed by atoms with Crippen molar-refractivity contribution in [2.75, 3.05) is 26.8 Å². The molecule has 0 radical (unpaired) electrons. The van der Waals surface area contributed by atoms with Crippen molar-refractivity contribution in [3.05, 3.63) is 34.9 Å². The Kier molecular flexibility index (Phi) is 8.04. The number of carbonyl (C=O) groups is 2. The maximum absolute atomic E-state index is 14.3. The van der Waals surface area contributed by atoms with Crippen LogP contribution in [0.2, 0.25) is 0 Å². The number of hydrogen-bond acceptors (Lipinski definition) is 7. The summed E-state index contributed by atoms with van der Waals surface area (Å²) in [6.07, 6.45) is 7.06. The lowest BCUT2D eigenvalue weighted by molar-refractivity contribution is -0.150. The molecule has 4 saturated carbocycles. The second-order valence-corrected chi connectivity index (χ2v) is 13.7. The summed E-state index contributed by atoms with van der Waals surface area (Å²) in [6, 6.07) is 2.76. The first-order valence-electron chi connectivity index (χ1n) is 15.8. The first kappa shape index (κ1) is 29.5. The van der Waals surface area contributed by atoms with Gasteiger partial charge in [-0.25, -0.2) is 0 Å². The van der Waals surface area contributed by atoms with E-state index in [9.17, 15) is 24.9 Å². The summed E-state index contributed by atoms with van der Waals surface area (Å²) in [5.74, 6) is 1.49. The Hall–Kier alpha value is -2.62. The first-order valence-corrected chi connectivity index (χ1v) is 15.8. The lowest BCUT2D eigenvalue weighted by atomic mass is 9.45. The van der Waals surface area contributed by atoms with Crippen molar-refractivity contribution in [3.63, 3.8) is 0 Å². The highest BCUT2D eigenvalue weighted by atomic mass is 16.5. The van der Waals surface area contributed by atoms with Crippen molar-refractivity contribution in [2.45, 2.75) is 89.6 Å². The van der Waals surface area contributed by atoms with Gasteiger partial charge in [0.2, 0.25) is 11.8 Å². The third kappa shape index (κ3) is 4.81. The third-order valence-electron chi connectivity index (χ3n) is 11.3. The highest BCUT2D eigenvalue weighted by Crippen LogP contribution is 2.61. The van der Waals surface area contributed by atoms with Crippen LogP contribution in [0.25, 0.3) is 0 Å². The molecule has 2 amide bonds. The van der Waals surface area contributed by atoms with Crippen molar-refractivity contribution in [1.29, 1.82) is 0 Å². The lowest BCUT2D eigenvalue weighted by Gasteiger charge is -2.61. The molecule has 0 saturated heterocycles. The van der Waals surface area contributed by atoms with Gasteiger partial charge in [-0.2, -0.15) is 0 Å². The van der Waals surface area contributed by atoms with Crippen LogP contribution in [0.4, 0.5) is 0 Å². The van der Waals surface area contributed by atoms with E-state index in [0.29, 0.717) is 46.6 Å². The Morgan fingerprint density at radius 1 is 1.14 bits per heavy atom. The number of hydrogen-bond donors (Lipinski definition) is 4. The Labute approximate surface area is 248 Å². The molecule has 6 aliphatic rings. The summed E-state index contributed by atoms with van der Waals surface area (Å²) < 4.78 is 12.0. The van der Waals surface area contributed by atoms with Crippen LogP contribution in [-0.2, 0) is 16.2 Å². The smallest absolute Gasteiger partial charge is 0.247 e.